The van der Waals surface area contributed by atoms with E-state index in [1.54, 1.807) is 0 Å². The Morgan fingerprint density at radius 3 is 1.62 bits per heavy atom. The van der Waals surface area contributed by atoms with Gasteiger partial charge in [-0.2, -0.15) is 0 Å². The van der Waals surface area contributed by atoms with Crippen molar-refractivity contribution in [3.8, 4) is 33.4 Å². The van der Waals surface area contributed by atoms with E-state index < -0.39 is 0 Å². The van der Waals surface area contributed by atoms with Crippen LogP contribution in [-0.2, 0) is 21.7 Å². The van der Waals surface area contributed by atoms with Crippen LogP contribution in [0, 0.1) is 0 Å². The third-order valence-corrected chi connectivity index (χ3v) is 20.3. The second kappa shape index (κ2) is 18.5. The van der Waals surface area contributed by atoms with Crippen molar-refractivity contribution in [2.24, 2.45) is 0 Å². The number of hydrogen-bond acceptors (Lipinski definition) is 3. The van der Waals surface area contributed by atoms with Gasteiger partial charge in [0.25, 0.3) is 6.71 Å². The van der Waals surface area contributed by atoms with Gasteiger partial charge in [0, 0.05) is 50.8 Å². The SMILES string of the molecule is CC(C)(C)c1ccc(N2c3cc4c(cc3B3c5ccc(-c6ccccc6)cc5N(c5cccc(-c6ccccc6)c5)c5cc(N6c7ccccc7C7(C)CCCCCCC67C)cc2c53)C(C)(C)CCC4(C)C)c(-c2ccccc2)c1. The Hall–Kier alpha value is -7.56. The van der Waals surface area contributed by atoms with Crippen LogP contribution in [0.3, 0.4) is 0 Å². The average molecular weight is 1040 g/mol. The molecule has 398 valence electrons. The number of rotatable bonds is 6. The minimum atomic E-state index is -0.182. The second-order valence-electron chi connectivity index (χ2n) is 27.0. The van der Waals surface area contributed by atoms with E-state index in [4.69, 9.17) is 0 Å². The first kappa shape index (κ1) is 50.6. The molecule has 14 rings (SSSR count). The first-order valence-electron chi connectivity index (χ1n) is 30.0. The number of para-hydroxylation sites is 1. The van der Waals surface area contributed by atoms with E-state index in [0.29, 0.717) is 0 Å². The highest BCUT2D eigenvalue weighted by molar-refractivity contribution is 7.00. The standard InChI is InChI=1S/C76H76BN3/c1-72(2,3)56-37-39-65(59(46-56)53-30-19-14-20-31-53)79-68-50-62-61(73(4,5)42-43-74(62,6)7)49-64(68)77-63-38-36-55(52-28-17-13-18-29-52)45-67(63)78(57-33-25-32-54(44-57)51-26-15-12-16-27-51)69-47-58(48-70(79)71(69)77)80-66-35-22-21-34-60(66)75(8)40-23-10-11-24-41-76(75,80)9/h12-22,25-39,44-50H,10-11,23-24,40-43H2,1-9H3. The van der Waals surface area contributed by atoms with Crippen molar-refractivity contribution in [3.63, 3.8) is 0 Å². The monoisotopic (exact) mass is 1040 g/mol. The van der Waals surface area contributed by atoms with Gasteiger partial charge in [-0.3, -0.25) is 0 Å². The van der Waals surface area contributed by atoms with Crippen LogP contribution in [0.1, 0.15) is 136 Å². The summed E-state index contributed by atoms with van der Waals surface area (Å²) in [6, 6.07) is 77.6. The predicted octanol–water partition coefficient (Wildman–Crippen LogP) is 18.9. The van der Waals surface area contributed by atoms with Crippen molar-refractivity contribution in [3.05, 3.63) is 222 Å². The summed E-state index contributed by atoms with van der Waals surface area (Å²) in [4.78, 5) is 8.27. The molecule has 1 fully saturated rings. The number of benzene rings is 9. The molecule has 0 amide bonds. The van der Waals surface area contributed by atoms with E-state index in [0.717, 1.165) is 24.9 Å². The topological polar surface area (TPSA) is 9.72 Å². The van der Waals surface area contributed by atoms with Crippen LogP contribution >= 0.6 is 0 Å². The lowest BCUT2D eigenvalue weighted by atomic mass is 9.33. The smallest absolute Gasteiger partial charge is 0.252 e. The Morgan fingerprint density at radius 2 is 0.950 bits per heavy atom. The highest BCUT2D eigenvalue weighted by Gasteiger charge is 2.57. The molecule has 2 unspecified atom stereocenters. The molecule has 9 aromatic carbocycles. The largest absolute Gasteiger partial charge is 0.334 e. The van der Waals surface area contributed by atoms with E-state index in [1.165, 1.54) is 144 Å². The summed E-state index contributed by atoms with van der Waals surface area (Å²) >= 11 is 0. The van der Waals surface area contributed by atoms with Crippen molar-refractivity contribution in [2.75, 3.05) is 14.7 Å². The van der Waals surface area contributed by atoms with Crippen molar-refractivity contribution in [1.29, 1.82) is 0 Å². The number of fused-ring (bicyclic) bond motifs is 8. The van der Waals surface area contributed by atoms with Gasteiger partial charge in [0.1, 0.15) is 0 Å². The second-order valence-corrected chi connectivity index (χ2v) is 27.0. The Labute approximate surface area is 477 Å². The summed E-state index contributed by atoms with van der Waals surface area (Å²) < 4.78 is 0. The fourth-order valence-electron chi connectivity index (χ4n) is 15.5. The normalized spacial score (nSPS) is 20.4. The number of hydrogen-bond donors (Lipinski definition) is 0. The van der Waals surface area contributed by atoms with Gasteiger partial charge in [0.2, 0.25) is 0 Å². The van der Waals surface area contributed by atoms with Crippen LogP contribution in [-0.4, -0.2) is 12.3 Å². The van der Waals surface area contributed by atoms with Gasteiger partial charge < -0.3 is 14.7 Å². The molecule has 2 aliphatic carbocycles. The molecule has 0 N–H and O–H groups in total. The summed E-state index contributed by atoms with van der Waals surface area (Å²) in [7, 11) is 0. The molecule has 0 saturated heterocycles. The Morgan fingerprint density at radius 1 is 0.375 bits per heavy atom. The summed E-state index contributed by atoms with van der Waals surface area (Å²) in [6.07, 6.45) is 9.60. The number of anilines is 8. The van der Waals surface area contributed by atoms with Gasteiger partial charge in [-0.05, 0) is 170 Å². The minimum absolute atomic E-state index is 0.00262. The molecule has 0 bridgehead atoms. The van der Waals surface area contributed by atoms with E-state index in [1.807, 2.05) is 0 Å². The molecule has 1 saturated carbocycles. The zero-order valence-electron chi connectivity index (χ0n) is 48.6. The molecule has 2 atom stereocenters. The molecule has 4 heteroatoms. The van der Waals surface area contributed by atoms with Gasteiger partial charge >= 0.3 is 0 Å². The maximum Gasteiger partial charge on any atom is 0.252 e. The van der Waals surface area contributed by atoms with Crippen LogP contribution in [0.2, 0.25) is 0 Å². The van der Waals surface area contributed by atoms with Crippen LogP contribution < -0.4 is 31.1 Å². The zero-order valence-corrected chi connectivity index (χ0v) is 48.6. The zero-order chi connectivity index (χ0) is 54.9. The molecule has 0 aromatic heterocycles. The molecule has 9 aromatic rings. The third-order valence-electron chi connectivity index (χ3n) is 20.3. The fourth-order valence-corrected chi connectivity index (χ4v) is 15.5. The highest BCUT2D eigenvalue weighted by Crippen LogP contribution is 2.61. The lowest BCUT2D eigenvalue weighted by Crippen LogP contribution is -2.62. The van der Waals surface area contributed by atoms with Crippen LogP contribution in [0.5, 0.6) is 0 Å². The predicted molar refractivity (Wildman–Crippen MR) is 343 cm³/mol. The molecular weight excluding hydrogens is 966 g/mol. The molecule has 0 radical (unpaired) electrons. The van der Waals surface area contributed by atoms with Gasteiger partial charge in [-0.25, -0.2) is 0 Å². The van der Waals surface area contributed by atoms with Gasteiger partial charge in [-0.1, -0.05) is 227 Å². The molecular formula is C76H76BN3. The number of nitrogens with zero attached hydrogens (tertiary/aromatic N) is 3. The van der Waals surface area contributed by atoms with Crippen LogP contribution in [0.25, 0.3) is 33.4 Å². The van der Waals surface area contributed by atoms with E-state index in [9.17, 15) is 0 Å². The first-order valence-corrected chi connectivity index (χ1v) is 30.0. The maximum atomic E-state index is 2.85. The van der Waals surface area contributed by atoms with Crippen LogP contribution in [0.15, 0.2) is 200 Å². The van der Waals surface area contributed by atoms with Gasteiger partial charge in [0.05, 0.1) is 11.2 Å². The maximum absolute atomic E-state index is 2.85. The molecule has 3 heterocycles. The van der Waals surface area contributed by atoms with E-state index in [-0.39, 0.29) is 33.9 Å². The minimum Gasteiger partial charge on any atom is -0.334 e. The summed E-state index contributed by atoms with van der Waals surface area (Å²) in [6.45, 7) is 22.2. The average Bonchev–Trinajstić information content (AvgIpc) is 3.54. The van der Waals surface area contributed by atoms with Crippen LogP contribution in [0.4, 0.5) is 45.5 Å². The Bertz CT molecular complexity index is 3890. The van der Waals surface area contributed by atoms with Crippen molar-refractivity contribution < 1.29 is 0 Å². The molecule has 0 spiro atoms. The van der Waals surface area contributed by atoms with Gasteiger partial charge in [0.15, 0.2) is 0 Å². The van der Waals surface area contributed by atoms with E-state index >= 15 is 0 Å². The molecule has 80 heavy (non-hydrogen) atoms. The summed E-state index contributed by atoms with van der Waals surface area (Å²) in [5.41, 5.74) is 26.9. The van der Waals surface area contributed by atoms with Crippen molar-refractivity contribution in [1.82, 2.24) is 0 Å². The molecule has 3 aliphatic heterocycles. The lowest BCUT2D eigenvalue weighted by Gasteiger charge is -2.50. The highest BCUT2D eigenvalue weighted by atomic mass is 15.3. The van der Waals surface area contributed by atoms with E-state index in [2.05, 4.69) is 277 Å². The molecule has 5 aliphatic rings. The Balaban J connectivity index is 1.15. The quantitative estimate of drug-likeness (QED) is 0.154. The summed E-state index contributed by atoms with van der Waals surface area (Å²) in [5, 5.41) is 0. The lowest BCUT2D eigenvalue weighted by molar-refractivity contribution is 0.218. The fraction of sp³-hybridized carbons (Fsp3) is 0.289. The Kier molecular flexibility index (Phi) is 11.7. The molecule has 3 nitrogen and oxygen atoms in total. The van der Waals surface area contributed by atoms with Crippen molar-refractivity contribution in [2.45, 2.75) is 141 Å². The first-order chi connectivity index (χ1) is 38.5. The third kappa shape index (κ3) is 7.82. The summed E-state index contributed by atoms with van der Waals surface area (Å²) in [5.74, 6) is 0. The van der Waals surface area contributed by atoms with Crippen molar-refractivity contribution >= 4 is 68.6 Å². The van der Waals surface area contributed by atoms with Gasteiger partial charge in [-0.15, -0.1) is 0 Å².